The van der Waals surface area contributed by atoms with E-state index in [4.69, 9.17) is 4.74 Å². The average molecular weight is 290 g/mol. The third kappa shape index (κ3) is 4.59. The highest BCUT2D eigenvalue weighted by Crippen LogP contribution is 2.12. The first kappa shape index (κ1) is 15.0. The van der Waals surface area contributed by atoms with Crippen LogP contribution in [0.3, 0.4) is 0 Å². The molecule has 1 aliphatic heterocycles. The monoisotopic (exact) mass is 290 g/mol. The van der Waals surface area contributed by atoms with E-state index >= 15 is 0 Å². The van der Waals surface area contributed by atoms with Crippen LogP contribution < -0.4 is 15.4 Å². The largest absolute Gasteiger partial charge is 0.493 e. The molecule has 3 amide bonds. The molecule has 0 bridgehead atoms. The van der Waals surface area contributed by atoms with E-state index in [1.165, 1.54) is 0 Å². The number of carbonyl (C=O) groups is 3. The minimum atomic E-state index is -0.630. The number of hydrogen-bond acceptors (Lipinski definition) is 4. The standard InChI is InChI=1S/C15H18N2O4/c1-10-3-2-4-11(9-10)21-8-7-14(19)16-12-5-6-13(18)17-15(12)20/h2-4,9,12H,5-8H2,1H3,(H,16,19)(H,17,18,20). The lowest BCUT2D eigenvalue weighted by Crippen LogP contribution is -2.52. The van der Waals surface area contributed by atoms with E-state index in [2.05, 4.69) is 10.6 Å². The molecule has 6 heteroatoms. The summed E-state index contributed by atoms with van der Waals surface area (Å²) in [7, 11) is 0. The van der Waals surface area contributed by atoms with Crippen molar-refractivity contribution in [1.82, 2.24) is 10.6 Å². The van der Waals surface area contributed by atoms with Gasteiger partial charge in [0.2, 0.25) is 17.7 Å². The molecule has 21 heavy (non-hydrogen) atoms. The lowest BCUT2D eigenvalue weighted by molar-refractivity contribution is -0.137. The fourth-order valence-electron chi connectivity index (χ4n) is 2.06. The molecule has 1 heterocycles. The molecule has 1 unspecified atom stereocenters. The third-order valence-corrected chi connectivity index (χ3v) is 3.16. The SMILES string of the molecule is Cc1cccc(OCCC(=O)NC2CCC(=O)NC2=O)c1. The maximum Gasteiger partial charge on any atom is 0.249 e. The molecule has 1 saturated heterocycles. The number of rotatable bonds is 5. The van der Waals surface area contributed by atoms with Gasteiger partial charge in [-0.05, 0) is 31.0 Å². The first-order chi connectivity index (χ1) is 10.0. The zero-order chi connectivity index (χ0) is 15.2. The van der Waals surface area contributed by atoms with Crippen LogP contribution in [0.25, 0.3) is 0 Å². The second kappa shape index (κ2) is 6.88. The summed E-state index contributed by atoms with van der Waals surface area (Å²) in [5, 5.41) is 4.80. The Morgan fingerprint density at radius 2 is 2.24 bits per heavy atom. The number of amides is 3. The molecular formula is C15H18N2O4. The summed E-state index contributed by atoms with van der Waals surface area (Å²) in [6.45, 7) is 2.20. The molecule has 2 N–H and O–H groups in total. The molecule has 0 spiro atoms. The smallest absolute Gasteiger partial charge is 0.249 e. The summed E-state index contributed by atoms with van der Waals surface area (Å²) in [4.78, 5) is 34.2. The summed E-state index contributed by atoms with van der Waals surface area (Å²) in [5.41, 5.74) is 1.08. The van der Waals surface area contributed by atoms with Crippen LogP contribution >= 0.6 is 0 Å². The highest BCUT2D eigenvalue weighted by atomic mass is 16.5. The topological polar surface area (TPSA) is 84.5 Å². The highest BCUT2D eigenvalue weighted by Gasteiger charge is 2.27. The number of hydrogen-bond donors (Lipinski definition) is 2. The van der Waals surface area contributed by atoms with Gasteiger partial charge in [0.25, 0.3) is 0 Å². The average Bonchev–Trinajstić information content (AvgIpc) is 2.42. The number of ether oxygens (including phenoxy) is 1. The minimum Gasteiger partial charge on any atom is -0.493 e. The van der Waals surface area contributed by atoms with Crippen molar-refractivity contribution in [3.63, 3.8) is 0 Å². The van der Waals surface area contributed by atoms with Crippen molar-refractivity contribution in [3.8, 4) is 5.75 Å². The van der Waals surface area contributed by atoms with Crippen LogP contribution in [0.5, 0.6) is 5.75 Å². The van der Waals surface area contributed by atoms with Crippen molar-refractivity contribution >= 4 is 17.7 Å². The molecule has 1 aromatic rings. The first-order valence-electron chi connectivity index (χ1n) is 6.87. The van der Waals surface area contributed by atoms with Gasteiger partial charge in [-0.15, -0.1) is 0 Å². The fraction of sp³-hybridized carbons (Fsp3) is 0.400. The maximum absolute atomic E-state index is 11.7. The van der Waals surface area contributed by atoms with Gasteiger partial charge in [0.1, 0.15) is 11.8 Å². The van der Waals surface area contributed by atoms with Crippen LogP contribution in [-0.4, -0.2) is 30.4 Å². The molecule has 0 aliphatic carbocycles. The van der Waals surface area contributed by atoms with Gasteiger partial charge in [0.15, 0.2) is 0 Å². The summed E-state index contributed by atoms with van der Waals surface area (Å²) in [6.07, 6.45) is 0.747. The van der Waals surface area contributed by atoms with Crippen molar-refractivity contribution < 1.29 is 19.1 Å². The zero-order valence-electron chi connectivity index (χ0n) is 11.8. The van der Waals surface area contributed by atoms with Crippen LogP contribution in [0, 0.1) is 6.92 Å². The Bertz CT molecular complexity index is 556. The van der Waals surface area contributed by atoms with Crippen LogP contribution in [0.15, 0.2) is 24.3 Å². The second-order valence-corrected chi connectivity index (χ2v) is 4.99. The van der Waals surface area contributed by atoms with Crippen molar-refractivity contribution in [2.24, 2.45) is 0 Å². The number of nitrogens with one attached hydrogen (secondary N) is 2. The molecule has 2 rings (SSSR count). The van der Waals surface area contributed by atoms with Gasteiger partial charge >= 0.3 is 0 Å². The number of aryl methyl sites for hydroxylation is 1. The first-order valence-corrected chi connectivity index (χ1v) is 6.87. The molecule has 112 valence electrons. The minimum absolute atomic E-state index is 0.158. The van der Waals surface area contributed by atoms with Crippen LogP contribution in [0.4, 0.5) is 0 Å². The molecule has 0 saturated carbocycles. The Kier molecular flexibility index (Phi) is 4.92. The van der Waals surface area contributed by atoms with Gasteiger partial charge in [0, 0.05) is 6.42 Å². The van der Waals surface area contributed by atoms with Crippen molar-refractivity contribution in [3.05, 3.63) is 29.8 Å². The molecule has 0 radical (unpaired) electrons. The summed E-state index contributed by atoms with van der Waals surface area (Å²) in [5.74, 6) is -0.298. The van der Waals surface area contributed by atoms with E-state index in [0.717, 1.165) is 5.56 Å². The third-order valence-electron chi connectivity index (χ3n) is 3.16. The maximum atomic E-state index is 11.7. The second-order valence-electron chi connectivity index (χ2n) is 4.99. The molecule has 1 aromatic carbocycles. The molecular weight excluding hydrogens is 272 g/mol. The lowest BCUT2D eigenvalue weighted by Gasteiger charge is -2.21. The van der Waals surface area contributed by atoms with E-state index in [-0.39, 0.29) is 31.3 Å². The lowest BCUT2D eigenvalue weighted by atomic mass is 10.1. The number of imide groups is 1. The van der Waals surface area contributed by atoms with Gasteiger partial charge in [-0.3, -0.25) is 19.7 Å². The Balaban J connectivity index is 1.72. The predicted octanol–water partition coefficient (Wildman–Crippen LogP) is 0.685. The fourth-order valence-corrected chi connectivity index (χ4v) is 2.06. The van der Waals surface area contributed by atoms with Gasteiger partial charge in [0.05, 0.1) is 13.0 Å². The van der Waals surface area contributed by atoms with E-state index < -0.39 is 11.9 Å². The van der Waals surface area contributed by atoms with Crippen LogP contribution in [0.1, 0.15) is 24.8 Å². The highest BCUT2D eigenvalue weighted by molar-refractivity contribution is 6.01. The van der Waals surface area contributed by atoms with Crippen LogP contribution in [0.2, 0.25) is 0 Å². The summed E-state index contributed by atoms with van der Waals surface area (Å²) in [6, 6.07) is 6.93. The van der Waals surface area contributed by atoms with Gasteiger partial charge < -0.3 is 10.1 Å². The normalized spacial score (nSPS) is 18.0. The van der Waals surface area contributed by atoms with E-state index in [1.807, 2.05) is 31.2 Å². The van der Waals surface area contributed by atoms with Gasteiger partial charge in [-0.1, -0.05) is 12.1 Å². The van der Waals surface area contributed by atoms with Crippen LogP contribution in [-0.2, 0) is 14.4 Å². The summed E-state index contributed by atoms with van der Waals surface area (Å²) >= 11 is 0. The number of piperidine rings is 1. The van der Waals surface area contributed by atoms with Gasteiger partial charge in [-0.25, -0.2) is 0 Å². The Morgan fingerprint density at radius 3 is 2.95 bits per heavy atom. The van der Waals surface area contributed by atoms with Gasteiger partial charge in [-0.2, -0.15) is 0 Å². The molecule has 1 atom stereocenters. The molecule has 0 aromatic heterocycles. The molecule has 1 aliphatic rings. The van der Waals surface area contributed by atoms with Crippen molar-refractivity contribution in [2.75, 3.05) is 6.61 Å². The summed E-state index contributed by atoms with van der Waals surface area (Å²) < 4.78 is 5.48. The van der Waals surface area contributed by atoms with E-state index in [1.54, 1.807) is 0 Å². The zero-order valence-corrected chi connectivity index (χ0v) is 11.8. The Hall–Kier alpha value is -2.37. The number of carbonyl (C=O) groups excluding carboxylic acids is 3. The van der Waals surface area contributed by atoms with E-state index in [9.17, 15) is 14.4 Å². The van der Waals surface area contributed by atoms with Crippen molar-refractivity contribution in [1.29, 1.82) is 0 Å². The predicted molar refractivity (Wildman–Crippen MR) is 75.6 cm³/mol. The van der Waals surface area contributed by atoms with E-state index in [0.29, 0.717) is 12.2 Å². The van der Waals surface area contributed by atoms with Crippen molar-refractivity contribution in [2.45, 2.75) is 32.2 Å². The molecule has 6 nitrogen and oxygen atoms in total. The number of benzene rings is 1. The Labute approximate surface area is 122 Å². The molecule has 1 fully saturated rings. The quantitative estimate of drug-likeness (QED) is 0.781. The Morgan fingerprint density at radius 1 is 1.43 bits per heavy atom.